The lowest BCUT2D eigenvalue weighted by molar-refractivity contribution is -0.130. The number of para-hydroxylation sites is 1. The van der Waals surface area contributed by atoms with Crippen molar-refractivity contribution in [1.29, 1.82) is 0 Å². The lowest BCUT2D eigenvalue weighted by atomic mass is 9.98. The van der Waals surface area contributed by atoms with Gasteiger partial charge in [-0.05, 0) is 30.0 Å². The topological polar surface area (TPSA) is 71.4 Å². The minimum Gasteiger partial charge on any atom is -0.341 e. The average Bonchev–Trinajstić information content (AvgIpc) is 3.57. The maximum Gasteiger partial charge on any atom is 0.293 e. The second-order valence-electron chi connectivity index (χ2n) is 8.83. The van der Waals surface area contributed by atoms with Crippen molar-refractivity contribution in [2.45, 2.75) is 25.4 Å². The van der Waals surface area contributed by atoms with Crippen LogP contribution in [-0.2, 0) is 16.1 Å². The summed E-state index contributed by atoms with van der Waals surface area (Å²) in [5, 5.41) is 3.60. The molecule has 0 bridgehead atoms. The Hall–Kier alpha value is -4.19. The van der Waals surface area contributed by atoms with E-state index in [1.807, 2.05) is 89.8 Å². The summed E-state index contributed by atoms with van der Waals surface area (Å²) < 4.78 is 1.78. The van der Waals surface area contributed by atoms with E-state index in [0.717, 1.165) is 42.6 Å². The Bertz CT molecular complexity index is 1320. The summed E-state index contributed by atoms with van der Waals surface area (Å²) in [5.41, 5.74) is 2.84. The van der Waals surface area contributed by atoms with Gasteiger partial charge in [0.2, 0.25) is 5.91 Å². The van der Waals surface area contributed by atoms with Crippen molar-refractivity contribution in [2.24, 2.45) is 0 Å². The average molecular weight is 466 g/mol. The fraction of sp³-hybridized carbons (Fsp3) is 0.207. The first-order valence-electron chi connectivity index (χ1n) is 11.9. The van der Waals surface area contributed by atoms with E-state index in [4.69, 9.17) is 0 Å². The van der Waals surface area contributed by atoms with Crippen molar-refractivity contribution in [3.63, 3.8) is 0 Å². The minimum absolute atomic E-state index is 0.0277. The van der Waals surface area contributed by atoms with E-state index in [0.29, 0.717) is 10.9 Å². The fourth-order valence-corrected chi connectivity index (χ4v) is 4.74. The molecule has 6 heteroatoms. The smallest absolute Gasteiger partial charge is 0.293 e. The molecule has 0 unspecified atom stereocenters. The Kier molecular flexibility index (Phi) is 6.44. The van der Waals surface area contributed by atoms with Crippen molar-refractivity contribution in [3.05, 3.63) is 108 Å². The lowest BCUT2D eigenvalue weighted by Gasteiger charge is -2.19. The number of carbonyl (C=O) groups excluding carboxylic acids is 3. The number of benzene rings is 3. The molecule has 5 rings (SSSR count). The molecule has 3 aromatic carbocycles. The number of nitrogens with zero attached hydrogens (tertiary/aromatic N) is 2. The molecule has 1 saturated heterocycles. The zero-order valence-corrected chi connectivity index (χ0v) is 19.4. The van der Waals surface area contributed by atoms with Crippen LogP contribution < -0.4 is 5.32 Å². The quantitative estimate of drug-likeness (QED) is 0.326. The van der Waals surface area contributed by atoms with Crippen LogP contribution in [-0.4, -0.2) is 40.2 Å². The normalized spacial score (nSPS) is 13.3. The van der Waals surface area contributed by atoms with E-state index >= 15 is 0 Å². The fourth-order valence-electron chi connectivity index (χ4n) is 4.74. The predicted octanol–water partition coefficient (Wildman–Crippen LogP) is 4.35. The molecule has 0 atom stereocenters. The minimum atomic E-state index is -0.684. The van der Waals surface area contributed by atoms with Gasteiger partial charge in [0.05, 0.1) is 11.6 Å². The lowest BCUT2D eigenvalue weighted by Crippen LogP contribution is -2.35. The number of hydrogen-bond donors (Lipinski definition) is 1. The van der Waals surface area contributed by atoms with Gasteiger partial charge in [-0.3, -0.25) is 14.4 Å². The number of fused-ring (bicyclic) bond motifs is 1. The molecule has 0 saturated carbocycles. The number of likely N-dealkylation sites (tertiary alicyclic amines) is 1. The zero-order chi connectivity index (χ0) is 24.2. The number of Topliss-reactive ketones (excluding diaryl/α,β-unsaturated/α-hetero) is 1. The molecule has 1 aliphatic heterocycles. The van der Waals surface area contributed by atoms with Crippen LogP contribution in [0.4, 0.5) is 0 Å². The van der Waals surface area contributed by atoms with Gasteiger partial charge in [-0.1, -0.05) is 78.9 Å². The molecule has 0 spiro atoms. The Morgan fingerprint density at radius 3 is 1.97 bits per heavy atom. The molecule has 35 heavy (non-hydrogen) atoms. The Labute approximate surface area is 204 Å². The van der Waals surface area contributed by atoms with Crippen molar-refractivity contribution >= 4 is 28.5 Å². The van der Waals surface area contributed by atoms with Crippen molar-refractivity contribution in [3.8, 4) is 0 Å². The molecule has 2 heterocycles. The summed E-state index contributed by atoms with van der Waals surface area (Å²) >= 11 is 0. The number of hydrogen-bond acceptors (Lipinski definition) is 3. The number of amides is 2. The number of ketones is 1. The van der Waals surface area contributed by atoms with Crippen molar-refractivity contribution in [2.75, 3.05) is 13.1 Å². The van der Waals surface area contributed by atoms with Crippen LogP contribution in [0.1, 0.15) is 40.4 Å². The Balaban J connectivity index is 1.43. The third kappa shape index (κ3) is 4.73. The van der Waals surface area contributed by atoms with Gasteiger partial charge in [-0.15, -0.1) is 0 Å². The molecule has 0 radical (unpaired) electrons. The summed E-state index contributed by atoms with van der Waals surface area (Å²) in [6, 6.07) is 26.1. The number of nitrogens with one attached hydrogen (secondary N) is 1. The molecule has 1 aliphatic rings. The van der Waals surface area contributed by atoms with Gasteiger partial charge in [0, 0.05) is 30.2 Å². The van der Waals surface area contributed by atoms with Gasteiger partial charge < -0.3 is 14.8 Å². The van der Waals surface area contributed by atoms with Crippen LogP contribution in [0.2, 0.25) is 0 Å². The summed E-state index contributed by atoms with van der Waals surface area (Å²) in [6.07, 6.45) is 3.68. The molecular weight excluding hydrogens is 438 g/mol. The third-order valence-electron chi connectivity index (χ3n) is 6.55. The van der Waals surface area contributed by atoms with Crippen LogP contribution in [0.15, 0.2) is 91.1 Å². The van der Waals surface area contributed by atoms with Crippen LogP contribution in [0.3, 0.4) is 0 Å². The summed E-state index contributed by atoms with van der Waals surface area (Å²) in [5.74, 6) is -1.28. The summed E-state index contributed by atoms with van der Waals surface area (Å²) in [6.45, 7) is 1.69. The number of rotatable bonds is 7. The maximum absolute atomic E-state index is 13.4. The van der Waals surface area contributed by atoms with E-state index in [2.05, 4.69) is 5.32 Å². The highest BCUT2D eigenvalue weighted by atomic mass is 16.2. The van der Waals surface area contributed by atoms with E-state index in [1.54, 1.807) is 10.8 Å². The van der Waals surface area contributed by atoms with Gasteiger partial charge in [0.1, 0.15) is 6.54 Å². The second kappa shape index (κ2) is 9.97. The van der Waals surface area contributed by atoms with Crippen LogP contribution in [0.25, 0.3) is 10.9 Å². The first kappa shape index (κ1) is 22.6. The van der Waals surface area contributed by atoms with E-state index in [1.165, 1.54) is 0 Å². The van der Waals surface area contributed by atoms with Gasteiger partial charge in [-0.2, -0.15) is 0 Å². The SMILES string of the molecule is O=C(NC(c1ccccc1)c1ccccc1)C(=O)c1cn(CC(=O)N2CCCC2)c2ccccc12. The van der Waals surface area contributed by atoms with Crippen molar-refractivity contribution in [1.82, 2.24) is 14.8 Å². The van der Waals surface area contributed by atoms with E-state index in [9.17, 15) is 14.4 Å². The maximum atomic E-state index is 13.4. The van der Waals surface area contributed by atoms with Gasteiger partial charge in [0.15, 0.2) is 0 Å². The Morgan fingerprint density at radius 2 is 1.34 bits per heavy atom. The Morgan fingerprint density at radius 1 is 0.771 bits per heavy atom. The highest BCUT2D eigenvalue weighted by Gasteiger charge is 2.26. The molecule has 176 valence electrons. The molecule has 1 aromatic heterocycles. The largest absolute Gasteiger partial charge is 0.341 e. The second-order valence-corrected chi connectivity index (χ2v) is 8.83. The highest BCUT2D eigenvalue weighted by Crippen LogP contribution is 2.25. The third-order valence-corrected chi connectivity index (χ3v) is 6.55. The van der Waals surface area contributed by atoms with Gasteiger partial charge >= 0.3 is 0 Å². The van der Waals surface area contributed by atoms with Crippen LogP contribution in [0.5, 0.6) is 0 Å². The summed E-state index contributed by atoms with van der Waals surface area (Å²) in [4.78, 5) is 41.3. The number of carbonyl (C=O) groups is 3. The standard InChI is InChI=1S/C29H27N3O3/c33-26(31-17-9-10-18-31)20-32-19-24(23-15-7-8-16-25(23)32)28(34)29(35)30-27(21-11-3-1-4-12-21)22-13-5-2-6-14-22/h1-8,11-16,19,27H,9-10,17-18,20H2,(H,30,35). The van der Waals surface area contributed by atoms with Crippen LogP contribution in [0, 0.1) is 0 Å². The molecule has 1 N–H and O–H groups in total. The van der Waals surface area contributed by atoms with E-state index in [-0.39, 0.29) is 12.5 Å². The first-order valence-corrected chi connectivity index (χ1v) is 11.9. The highest BCUT2D eigenvalue weighted by molar-refractivity contribution is 6.45. The van der Waals surface area contributed by atoms with Gasteiger partial charge in [-0.25, -0.2) is 0 Å². The van der Waals surface area contributed by atoms with Crippen molar-refractivity contribution < 1.29 is 14.4 Å². The monoisotopic (exact) mass is 465 g/mol. The zero-order valence-electron chi connectivity index (χ0n) is 19.4. The molecule has 1 fully saturated rings. The number of aromatic nitrogens is 1. The summed E-state index contributed by atoms with van der Waals surface area (Å²) in [7, 11) is 0. The predicted molar refractivity (Wildman–Crippen MR) is 135 cm³/mol. The molecule has 4 aromatic rings. The van der Waals surface area contributed by atoms with E-state index < -0.39 is 17.7 Å². The van der Waals surface area contributed by atoms with Gasteiger partial charge in [0.25, 0.3) is 11.7 Å². The molecular formula is C29H27N3O3. The van der Waals surface area contributed by atoms with Crippen LogP contribution >= 0.6 is 0 Å². The molecule has 0 aliphatic carbocycles. The molecule has 6 nitrogen and oxygen atoms in total. The first-order chi connectivity index (χ1) is 17.1. The molecule has 2 amide bonds.